The topological polar surface area (TPSA) is 63.5 Å². The molecule has 0 saturated carbocycles. The van der Waals surface area contributed by atoms with Crippen LogP contribution >= 0.6 is 0 Å². The maximum absolute atomic E-state index is 11.0. The molecule has 0 fully saturated rings. The van der Waals surface area contributed by atoms with Crippen molar-refractivity contribution in [1.29, 1.82) is 0 Å². The quantitative estimate of drug-likeness (QED) is 0.340. The highest BCUT2D eigenvalue weighted by molar-refractivity contribution is 4.57. The fraction of sp³-hybridized carbons (Fsp3) is 1.00. The molecule has 4 heteroatoms. The zero-order chi connectivity index (χ0) is 12.4. The Morgan fingerprint density at radius 1 is 0.875 bits per heavy atom. The van der Waals surface area contributed by atoms with Gasteiger partial charge in [0.05, 0.1) is 0 Å². The zero-order valence-corrected chi connectivity index (χ0v) is 10.7. The van der Waals surface area contributed by atoms with Gasteiger partial charge in [-0.15, -0.1) is 0 Å². The van der Waals surface area contributed by atoms with E-state index >= 15 is 0 Å². The number of hydrogen-bond donors (Lipinski definition) is 2. The van der Waals surface area contributed by atoms with Crippen LogP contribution in [0.15, 0.2) is 0 Å². The number of hydroxylamine groups is 3. The van der Waals surface area contributed by atoms with Gasteiger partial charge in [0.25, 0.3) is 0 Å². The van der Waals surface area contributed by atoms with Crippen LogP contribution < -0.4 is 0 Å². The summed E-state index contributed by atoms with van der Waals surface area (Å²) < 4.78 is 0. The summed E-state index contributed by atoms with van der Waals surface area (Å²) in [6.45, 7) is 4.13. The van der Waals surface area contributed by atoms with E-state index in [0.29, 0.717) is 12.8 Å². The molecule has 1 atom stereocenters. The summed E-state index contributed by atoms with van der Waals surface area (Å²) >= 11 is 0. The van der Waals surface area contributed by atoms with E-state index in [1.165, 1.54) is 25.7 Å². The Kier molecular flexibility index (Phi) is 8.84. The van der Waals surface area contributed by atoms with Crippen LogP contribution in [0.4, 0.5) is 0 Å². The Labute approximate surface area is 99.0 Å². The van der Waals surface area contributed by atoms with Crippen molar-refractivity contribution < 1.29 is 15.4 Å². The van der Waals surface area contributed by atoms with Crippen molar-refractivity contribution in [1.82, 2.24) is 0 Å². The lowest BCUT2D eigenvalue weighted by molar-refractivity contribution is -1.23. The summed E-state index contributed by atoms with van der Waals surface area (Å²) in [7, 11) is 0. The first-order chi connectivity index (χ1) is 7.52. The first-order valence-corrected chi connectivity index (χ1v) is 6.57. The molecule has 0 heterocycles. The number of unbranched alkanes of at least 4 members (excludes halogenated alkanes) is 5. The fourth-order valence-corrected chi connectivity index (χ4v) is 1.97. The number of nitrogens with zero attached hydrogens (tertiary/aromatic N) is 1. The third-order valence-corrected chi connectivity index (χ3v) is 2.99. The molecule has 0 aromatic heterocycles. The maximum atomic E-state index is 11.0. The summed E-state index contributed by atoms with van der Waals surface area (Å²) in [6.07, 6.45) is 8.91. The van der Waals surface area contributed by atoms with Crippen LogP contribution in [0, 0.1) is 5.21 Å². The van der Waals surface area contributed by atoms with Crippen LogP contribution in [0.25, 0.3) is 0 Å². The van der Waals surface area contributed by atoms with Crippen molar-refractivity contribution in [3.8, 4) is 0 Å². The molecule has 0 amide bonds. The SMILES string of the molecule is CCCCCCCCC(CCC)[N+]([O-])(O)O. The van der Waals surface area contributed by atoms with E-state index in [1.54, 1.807) is 0 Å². The number of quaternary nitrogens is 1. The molecule has 0 bridgehead atoms. The van der Waals surface area contributed by atoms with Gasteiger partial charge in [0.2, 0.25) is 0 Å². The second kappa shape index (κ2) is 8.93. The second-order valence-electron chi connectivity index (χ2n) is 4.59. The van der Waals surface area contributed by atoms with Gasteiger partial charge in [0, 0.05) is 12.8 Å². The first-order valence-electron chi connectivity index (χ1n) is 6.57. The van der Waals surface area contributed by atoms with Gasteiger partial charge in [-0.2, -0.15) is 10.4 Å². The van der Waals surface area contributed by atoms with Gasteiger partial charge < -0.3 is 5.21 Å². The molecular formula is C12H27NO3. The summed E-state index contributed by atoms with van der Waals surface area (Å²) in [5.74, 6) is 0. The van der Waals surface area contributed by atoms with E-state index < -0.39 is 11.0 Å². The van der Waals surface area contributed by atoms with E-state index in [0.717, 1.165) is 19.3 Å². The van der Waals surface area contributed by atoms with Crippen molar-refractivity contribution in [2.75, 3.05) is 0 Å². The summed E-state index contributed by atoms with van der Waals surface area (Å²) in [4.78, 5) is -2.11. The minimum absolute atomic E-state index is 0.573. The molecule has 0 aromatic carbocycles. The molecule has 0 aliphatic rings. The van der Waals surface area contributed by atoms with Crippen LogP contribution in [0.1, 0.15) is 71.6 Å². The fourth-order valence-electron chi connectivity index (χ4n) is 1.97. The monoisotopic (exact) mass is 233 g/mol. The minimum Gasteiger partial charge on any atom is -0.564 e. The average Bonchev–Trinajstić information content (AvgIpc) is 2.20. The predicted molar refractivity (Wildman–Crippen MR) is 63.9 cm³/mol. The molecule has 16 heavy (non-hydrogen) atoms. The molecule has 0 saturated heterocycles. The Bertz CT molecular complexity index is 157. The Balaban J connectivity index is 3.61. The zero-order valence-electron chi connectivity index (χ0n) is 10.7. The van der Waals surface area contributed by atoms with Crippen molar-refractivity contribution in [2.45, 2.75) is 77.7 Å². The molecule has 0 spiro atoms. The summed E-state index contributed by atoms with van der Waals surface area (Å²) in [5, 5.41) is 29.0. The average molecular weight is 233 g/mol. The van der Waals surface area contributed by atoms with Crippen LogP contribution in [-0.4, -0.2) is 21.4 Å². The molecule has 0 aliphatic carbocycles. The van der Waals surface area contributed by atoms with E-state index in [9.17, 15) is 5.21 Å². The molecular weight excluding hydrogens is 206 g/mol. The third-order valence-electron chi connectivity index (χ3n) is 2.99. The van der Waals surface area contributed by atoms with E-state index in [1.807, 2.05) is 6.92 Å². The molecule has 0 radical (unpaired) electrons. The molecule has 0 aliphatic heterocycles. The Hall–Kier alpha value is -0.160. The highest BCUT2D eigenvalue weighted by Gasteiger charge is 2.24. The highest BCUT2D eigenvalue weighted by Crippen LogP contribution is 2.18. The molecule has 2 N–H and O–H groups in total. The van der Waals surface area contributed by atoms with Gasteiger partial charge in [0.1, 0.15) is 0 Å². The second-order valence-corrected chi connectivity index (χ2v) is 4.59. The predicted octanol–water partition coefficient (Wildman–Crippen LogP) is 4.00. The molecule has 0 aromatic rings. The molecule has 1 unspecified atom stereocenters. The van der Waals surface area contributed by atoms with E-state index in [-0.39, 0.29) is 0 Å². The van der Waals surface area contributed by atoms with Crippen LogP contribution in [0.5, 0.6) is 0 Å². The molecule has 4 nitrogen and oxygen atoms in total. The van der Waals surface area contributed by atoms with E-state index in [2.05, 4.69) is 6.92 Å². The molecule has 98 valence electrons. The Morgan fingerprint density at radius 3 is 1.94 bits per heavy atom. The Morgan fingerprint density at radius 2 is 1.44 bits per heavy atom. The lowest BCUT2D eigenvalue weighted by Crippen LogP contribution is -2.44. The summed E-state index contributed by atoms with van der Waals surface area (Å²) in [6, 6.07) is -0.573. The van der Waals surface area contributed by atoms with Crippen molar-refractivity contribution >= 4 is 0 Å². The first kappa shape index (κ1) is 15.8. The lowest BCUT2D eigenvalue weighted by atomic mass is 10.0. The standard InChI is InChI=1S/C12H27NO3/c1-3-5-6-7-8-9-11-12(10-4-2)13(14,15)16/h12,14-15H,3-11H2,1-2H3. The van der Waals surface area contributed by atoms with Gasteiger partial charge in [0.15, 0.2) is 6.04 Å². The largest absolute Gasteiger partial charge is 0.564 e. The van der Waals surface area contributed by atoms with Crippen LogP contribution in [0.2, 0.25) is 0 Å². The van der Waals surface area contributed by atoms with Crippen molar-refractivity contribution in [3.63, 3.8) is 0 Å². The van der Waals surface area contributed by atoms with Crippen molar-refractivity contribution in [3.05, 3.63) is 5.21 Å². The van der Waals surface area contributed by atoms with Crippen LogP contribution in [-0.2, 0) is 0 Å². The van der Waals surface area contributed by atoms with Gasteiger partial charge in [-0.1, -0.05) is 57.3 Å². The van der Waals surface area contributed by atoms with Gasteiger partial charge in [-0.25, -0.2) is 0 Å². The van der Waals surface area contributed by atoms with Gasteiger partial charge in [-0.05, 0) is 6.42 Å². The molecule has 0 rings (SSSR count). The smallest absolute Gasteiger partial charge is 0.152 e. The maximum Gasteiger partial charge on any atom is 0.152 e. The lowest BCUT2D eigenvalue weighted by Gasteiger charge is -2.32. The van der Waals surface area contributed by atoms with Crippen molar-refractivity contribution in [2.24, 2.45) is 0 Å². The highest BCUT2D eigenvalue weighted by atomic mass is 17.1. The normalized spacial score (nSPS) is 14.1. The third kappa shape index (κ3) is 8.05. The summed E-state index contributed by atoms with van der Waals surface area (Å²) in [5.41, 5.74) is 0. The number of hydrogen-bond acceptors (Lipinski definition) is 3. The minimum atomic E-state index is -2.11. The van der Waals surface area contributed by atoms with Crippen LogP contribution in [0.3, 0.4) is 0 Å². The van der Waals surface area contributed by atoms with Gasteiger partial charge >= 0.3 is 0 Å². The van der Waals surface area contributed by atoms with Gasteiger partial charge in [-0.3, -0.25) is 0 Å². The number of rotatable bonds is 10. The van der Waals surface area contributed by atoms with E-state index in [4.69, 9.17) is 10.4 Å².